The molecule has 1 saturated heterocycles. The molecule has 2 aromatic rings. The minimum Gasteiger partial charge on any atom is -0.336 e. The van der Waals surface area contributed by atoms with Crippen LogP contribution in [0.4, 0.5) is 4.39 Å². The molecule has 0 saturated carbocycles. The number of halogens is 1. The maximum Gasteiger partial charge on any atom is 0.237 e. The molecule has 2 heterocycles. The Balaban J connectivity index is 1.22. The standard InChI is InChI=1S/C25H30FN3O2/c26-23-7-3-19(4-8-23)17-29-15-14-28(18-25(29)31)13-1-2-24(30)22-6-5-20-9-11-27-12-10-21(20)16-22/h3-8,16,27H,1-2,9-15,17-18H2. The minimum atomic E-state index is -0.266. The van der Waals surface area contributed by atoms with Crippen molar-refractivity contribution in [3.8, 4) is 0 Å². The first-order chi connectivity index (χ1) is 15.1. The predicted molar refractivity (Wildman–Crippen MR) is 119 cm³/mol. The molecule has 1 amide bonds. The summed E-state index contributed by atoms with van der Waals surface area (Å²) >= 11 is 0. The Bertz CT molecular complexity index is 929. The van der Waals surface area contributed by atoms with Gasteiger partial charge in [-0.3, -0.25) is 14.5 Å². The van der Waals surface area contributed by atoms with Gasteiger partial charge in [0.15, 0.2) is 5.78 Å². The van der Waals surface area contributed by atoms with E-state index in [1.54, 1.807) is 12.1 Å². The van der Waals surface area contributed by atoms with Crippen molar-refractivity contribution in [3.63, 3.8) is 0 Å². The van der Waals surface area contributed by atoms with Gasteiger partial charge in [-0.15, -0.1) is 0 Å². The van der Waals surface area contributed by atoms with Crippen molar-refractivity contribution in [2.45, 2.75) is 32.2 Å². The molecule has 4 rings (SSSR count). The van der Waals surface area contributed by atoms with Crippen LogP contribution in [-0.4, -0.2) is 60.8 Å². The van der Waals surface area contributed by atoms with Crippen molar-refractivity contribution in [2.24, 2.45) is 0 Å². The normalized spacial score (nSPS) is 17.3. The number of carbonyl (C=O) groups excluding carboxylic acids is 2. The molecule has 0 spiro atoms. The van der Waals surface area contributed by atoms with Crippen LogP contribution in [0.15, 0.2) is 42.5 Å². The molecule has 6 heteroatoms. The lowest BCUT2D eigenvalue weighted by Gasteiger charge is -2.34. The molecule has 0 bridgehead atoms. The summed E-state index contributed by atoms with van der Waals surface area (Å²) in [5.41, 5.74) is 4.38. The highest BCUT2D eigenvalue weighted by Crippen LogP contribution is 2.17. The minimum absolute atomic E-state index is 0.0845. The highest BCUT2D eigenvalue weighted by Gasteiger charge is 2.24. The Morgan fingerprint density at radius 2 is 1.77 bits per heavy atom. The summed E-state index contributed by atoms with van der Waals surface area (Å²) in [5, 5.41) is 3.40. The second kappa shape index (κ2) is 10.2. The third-order valence-electron chi connectivity index (χ3n) is 6.23. The summed E-state index contributed by atoms with van der Waals surface area (Å²) in [4.78, 5) is 29.1. The van der Waals surface area contributed by atoms with E-state index in [4.69, 9.17) is 0 Å². The maximum atomic E-state index is 13.1. The van der Waals surface area contributed by atoms with Crippen LogP contribution in [0.1, 0.15) is 39.9 Å². The van der Waals surface area contributed by atoms with Crippen LogP contribution in [0.25, 0.3) is 0 Å². The van der Waals surface area contributed by atoms with E-state index in [9.17, 15) is 14.0 Å². The number of hydrogen-bond donors (Lipinski definition) is 1. The fourth-order valence-electron chi connectivity index (χ4n) is 4.38. The predicted octanol–water partition coefficient (Wildman–Crippen LogP) is 2.82. The van der Waals surface area contributed by atoms with Gasteiger partial charge in [0.25, 0.3) is 0 Å². The molecule has 1 fully saturated rings. The van der Waals surface area contributed by atoms with E-state index < -0.39 is 0 Å². The number of piperazine rings is 1. The van der Waals surface area contributed by atoms with Crippen molar-refractivity contribution in [1.82, 2.24) is 15.1 Å². The molecule has 0 aromatic heterocycles. The number of amides is 1. The molecular formula is C25H30FN3O2. The Kier molecular flexibility index (Phi) is 7.10. The van der Waals surface area contributed by atoms with Gasteiger partial charge >= 0.3 is 0 Å². The maximum absolute atomic E-state index is 13.1. The zero-order chi connectivity index (χ0) is 21.6. The summed E-state index contributed by atoms with van der Waals surface area (Å²) < 4.78 is 13.1. The average molecular weight is 424 g/mol. The van der Waals surface area contributed by atoms with Gasteiger partial charge in [0.05, 0.1) is 6.54 Å². The number of nitrogens with one attached hydrogen (secondary N) is 1. The van der Waals surface area contributed by atoms with Gasteiger partial charge in [0.2, 0.25) is 5.91 Å². The third-order valence-corrected chi connectivity index (χ3v) is 6.23. The molecule has 2 aromatic carbocycles. The molecule has 164 valence electrons. The van der Waals surface area contributed by atoms with Crippen LogP contribution in [0, 0.1) is 5.82 Å². The molecule has 0 radical (unpaired) electrons. The molecule has 0 unspecified atom stereocenters. The van der Waals surface area contributed by atoms with Crippen LogP contribution >= 0.6 is 0 Å². The quantitative estimate of drug-likeness (QED) is 0.696. The van der Waals surface area contributed by atoms with E-state index >= 15 is 0 Å². The van der Waals surface area contributed by atoms with Gasteiger partial charge in [-0.1, -0.05) is 24.3 Å². The molecule has 0 aliphatic carbocycles. The third kappa shape index (κ3) is 5.77. The summed E-state index contributed by atoms with van der Waals surface area (Å²) in [7, 11) is 0. The number of hydrogen-bond acceptors (Lipinski definition) is 4. The first-order valence-electron chi connectivity index (χ1n) is 11.2. The Hall–Kier alpha value is -2.57. The average Bonchev–Trinajstić information content (AvgIpc) is 3.02. The SMILES string of the molecule is O=C(CCCN1CCN(Cc2ccc(F)cc2)C(=O)C1)c1ccc2c(c1)CCNCC2. The summed E-state index contributed by atoms with van der Waals surface area (Å²) in [6.45, 7) is 5.05. The Morgan fingerprint density at radius 3 is 2.55 bits per heavy atom. The van der Waals surface area contributed by atoms with E-state index in [2.05, 4.69) is 22.3 Å². The number of nitrogens with zero attached hydrogens (tertiary/aromatic N) is 2. The zero-order valence-electron chi connectivity index (χ0n) is 17.9. The molecule has 2 aliphatic heterocycles. The lowest BCUT2D eigenvalue weighted by Crippen LogP contribution is -2.50. The van der Waals surface area contributed by atoms with Crippen LogP contribution in [0.5, 0.6) is 0 Å². The topological polar surface area (TPSA) is 52.7 Å². The summed E-state index contributed by atoms with van der Waals surface area (Å²) in [6.07, 6.45) is 3.25. The lowest BCUT2D eigenvalue weighted by molar-refractivity contribution is -0.136. The van der Waals surface area contributed by atoms with Crippen LogP contribution in [0.2, 0.25) is 0 Å². The first kappa shape index (κ1) is 21.7. The van der Waals surface area contributed by atoms with Crippen molar-refractivity contribution < 1.29 is 14.0 Å². The van der Waals surface area contributed by atoms with E-state index in [1.807, 2.05) is 11.0 Å². The number of rotatable bonds is 7. The van der Waals surface area contributed by atoms with Crippen LogP contribution < -0.4 is 5.32 Å². The number of benzene rings is 2. The van der Waals surface area contributed by atoms with Crippen LogP contribution in [-0.2, 0) is 24.2 Å². The fraction of sp³-hybridized carbons (Fsp3) is 0.440. The molecule has 0 atom stereocenters. The van der Waals surface area contributed by atoms with Gasteiger partial charge in [0, 0.05) is 31.6 Å². The number of carbonyl (C=O) groups is 2. The number of fused-ring (bicyclic) bond motifs is 1. The fourth-order valence-corrected chi connectivity index (χ4v) is 4.38. The largest absolute Gasteiger partial charge is 0.336 e. The van der Waals surface area contributed by atoms with E-state index in [0.29, 0.717) is 26.1 Å². The van der Waals surface area contributed by atoms with Gasteiger partial charge in [-0.2, -0.15) is 0 Å². The second-order valence-electron chi connectivity index (χ2n) is 8.48. The van der Waals surface area contributed by atoms with Crippen molar-refractivity contribution >= 4 is 11.7 Å². The number of ketones is 1. The highest BCUT2D eigenvalue weighted by molar-refractivity contribution is 5.96. The molecule has 31 heavy (non-hydrogen) atoms. The van der Waals surface area contributed by atoms with Gasteiger partial charge in [-0.25, -0.2) is 4.39 Å². The van der Waals surface area contributed by atoms with E-state index in [1.165, 1.54) is 23.3 Å². The highest BCUT2D eigenvalue weighted by atomic mass is 19.1. The van der Waals surface area contributed by atoms with E-state index in [0.717, 1.165) is 56.6 Å². The van der Waals surface area contributed by atoms with Crippen molar-refractivity contribution in [3.05, 3.63) is 70.5 Å². The summed E-state index contributed by atoms with van der Waals surface area (Å²) in [6, 6.07) is 12.4. The monoisotopic (exact) mass is 423 g/mol. The number of Topliss-reactive ketones (excluding diaryl/α,β-unsaturated/α-hetero) is 1. The van der Waals surface area contributed by atoms with E-state index in [-0.39, 0.29) is 17.5 Å². The smallest absolute Gasteiger partial charge is 0.237 e. The van der Waals surface area contributed by atoms with Crippen LogP contribution in [0.3, 0.4) is 0 Å². The van der Waals surface area contributed by atoms with Crippen molar-refractivity contribution in [1.29, 1.82) is 0 Å². The zero-order valence-corrected chi connectivity index (χ0v) is 17.9. The molecular weight excluding hydrogens is 393 g/mol. The molecule has 5 nitrogen and oxygen atoms in total. The first-order valence-corrected chi connectivity index (χ1v) is 11.2. The van der Waals surface area contributed by atoms with Crippen molar-refractivity contribution in [2.75, 3.05) is 39.3 Å². The lowest BCUT2D eigenvalue weighted by atomic mass is 9.97. The van der Waals surface area contributed by atoms with Gasteiger partial charge < -0.3 is 10.2 Å². The molecule has 2 aliphatic rings. The molecule has 1 N–H and O–H groups in total. The second-order valence-corrected chi connectivity index (χ2v) is 8.48. The Morgan fingerprint density at radius 1 is 1.00 bits per heavy atom. The van der Waals surface area contributed by atoms with Gasteiger partial charge in [0.1, 0.15) is 5.82 Å². The summed E-state index contributed by atoms with van der Waals surface area (Å²) in [5.74, 6) is -0.000112. The Labute approximate surface area is 183 Å². The van der Waals surface area contributed by atoms with Gasteiger partial charge in [-0.05, 0) is 73.8 Å².